The third-order valence-corrected chi connectivity index (χ3v) is 4.10. The Morgan fingerprint density at radius 1 is 1.63 bits per heavy atom. The van der Waals surface area contributed by atoms with Gasteiger partial charge < -0.3 is 9.73 Å². The van der Waals surface area contributed by atoms with Gasteiger partial charge in [0.25, 0.3) is 5.91 Å². The lowest BCUT2D eigenvalue weighted by molar-refractivity contribution is 0.102. The van der Waals surface area contributed by atoms with Gasteiger partial charge in [0.2, 0.25) is 0 Å². The molecule has 0 spiro atoms. The average Bonchev–Trinajstić information content (AvgIpc) is 3.03. The van der Waals surface area contributed by atoms with E-state index in [9.17, 15) is 4.79 Å². The first-order valence-electron chi connectivity index (χ1n) is 6.32. The summed E-state index contributed by atoms with van der Waals surface area (Å²) in [5.41, 5.74) is 1.57. The monoisotopic (exact) mass is 323 g/mol. The summed E-state index contributed by atoms with van der Waals surface area (Å²) in [6.45, 7) is 2.02. The molecule has 100 valence electrons. The molecule has 1 aliphatic rings. The molecule has 2 N–H and O–H groups in total. The molecule has 0 atom stereocenters. The number of hydrogen-bond donors (Lipinski definition) is 2. The molecule has 3 rings (SSSR count). The molecule has 5 nitrogen and oxygen atoms in total. The van der Waals surface area contributed by atoms with Gasteiger partial charge in [-0.05, 0) is 41.3 Å². The Morgan fingerprint density at radius 3 is 3.05 bits per heavy atom. The highest BCUT2D eigenvalue weighted by atomic mass is 79.9. The largest absolute Gasteiger partial charge is 0.468 e. The Bertz CT molecular complexity index is 613. The van der Waals surface area contributed by atoms with E-state index < -0.39 is 0 Å². The number of anilines is 1. The van der Waals surface area contributed by atoms with Gasteiger partial charge in [-0.2, -0.15) is 5.10 Å². The van der Waals surface area contributed by atoms with Gasteiger partial charge in [0.05, 0.1) is 22.0 Å². The van der Waals surface area contributed by atoms with E-state index >= 15 is 0 Å². The zero-order valence-corrected chi connectivity index (χ0v) is 12.1. The second-order valence-electron chi connectivity index (χ2n) is 4.65. The van der Waals surface area contributed by atoms with E-state index in [0.29, 0.717) is 17.3 Å². The van der Waals surface area contributed by atoms with Gasteiger partial charge >= 0.3 is 0 Å². The quantitative estimate of drug-likeness (QED) is 0.905. The summed E-state index contributed by atoms with van der Waals surface area (Å²) in [5, 5.41) is 9.78. The number of rotatable bonds is 4. The lowest BCUT2D eigenvalue weighted by atomic mass is 10.2. The Hall–Kier alpha value is -1.56. The zero-order chi connectivity index (χ0) is 13.4. The first-order valence-corrected chi connectivity index (χ1v) is 7.11. The fourth-order valence-electron chi connectivity index (χ4n) is 2.03. The van der Waals surface area contributed by atoms with Gasteiger partial charge in [-0.3, -0.25) is 9.89 Å². The highest BCUT2D eigenvalue weighted by Gasteiger charge is 2.31. The van der Waals surface area contributed by atoms with E-state index in [1.165, 1.54) is 0 Å². The second kappa shape index (κ2) is 4.85. The van der Waals surface area contributed by atoms with Crippen molar-refractivity contribution in [2.75, 3.05) is 5.32 Å². The van der Waals surface area contributed by atoms with Gasteiger partial charge in [0.15, 0.2) is 5.82 Å². The number of hydrogen-bond acceptors (Lipinski definition) is 3. The lowest BCUT2D eigenvalue weighted by Crippen LogP contribution is -2.13. The maximum atomic E-state index is 12.2. The van der Waals surface area contributed by atoms with Crippen molar-refractivity contribution >= 4 is 27.7 Å². The number of halogens is 1. The molecule has 1 fully saturated rings. The number of amides is 1. The molecular formula is C13H14BrN3O2. The van der Waals surface area contributed by atoms with Crippen LogP contribution in [0.5, 0.6) is 0 Å². The summed E-state index contributed by atoms with van der Waals surface area (Å²) in [5.74, 6) is 1.54. The van der Waals surface area contributed by atoms with Crippen LogP contribution in [0.1, 0.15) is 47.5 Å². The molecule has 2 aromatic rings. The molecule has 1 saturated carbocycles. The third kappa shape index (κ3) is 2.32. The van der Waals surface area contributed by atoms with E-state index in [-0.39, 0.29) is 5.91 Å². The van der Waals surface area contributed by atoms with Gasteiger partial charge in [-0.15, -0.1) is 0 Å². The van der Waals surface area contributed by atoms with E-state index in [1.807, 2.05) is 6.92 Å². The van der Waals surface area contributed by atoms with E-state index in [0.717, 1.165) is 35.2 Å². The van der Waals surface area contributed by atoms with Crippen molar-refractivity contribution in [1.82, 2.24) is 10.2 Å². The number of aryl methyl sites for hydroxylation is 1. The minimum atomic E-state index is -0.175. The van der Waals surface area contributed by atoms with Gasteiger partial charge in [0, 0.05) is 5.92 Å². The minimum Gasteiger partial charge on any atom is -0.468 e. The maximum Gasteiger partial charge on any atom is 0.260 e. The minimum absolute atomic E-state index is 0.175. The Balaban J connectivity index is 1.80. The predicted molar refractivity (Wildman–Crippen MR) is 74.3 cm³/mol. The molecular weight excluding hydrogens is 310 g/mol. The molecule has 0 bridgehead atoms. The smallest absolute Gasteiger partial charge is 0.260 e. The van der Waals surface area contributed by atoms with Crippen LogP contribution in [0.4, 0.5) is 5.82 Å². The van der Waals surface area contributed by atoms with Crippen molar-refractivity contribution in [2.24, 2.45) is 0 Å². The molecule has 1 aliphatic carbocycles. The normalized spacial score (nSPS) is 14.6. The molecule has 0 unspecified atom stereocenters. The molecule has 6 heteroatoms. The number of furan rings is 1. The Labute approximate surface area is 118 Å². The molecule has 0 saturated heterocycles. The van der Waals surface area contributed by atoms with Crippen LogP contribution < -0.4 is 5.32 Å². The summed E-state index contributed by atoms with van der Waals surface area (Å²) in [7, 11) is 0. The first kappa shape index (κ1) is 12.5. The molecule has 1 amide bonds. The van der Waals surface area contributed by atoms with E-state index in [2.05, 4.69) is 31.4 Å². The molecule has 2 aromatic heterocycles. The van der Waals surface area contributed by atoms with Crippen molar-refractivity contribution in [3.8, 4) is 0 Å². The summed E-state index contributed by atoms with van der Waals surface area (Å²) < 4.78 is 6.21. The van der Waals surface area contributed by atoms with Crippen LogP contribution in [0.15, 0.2) is 21.2 Å². The molecule has 0 radical (unpaired) electrons. The SMILES string of the molecule is CCc1[nH]nc(NC(=O)c2ccoc2C2CC2)c1Br. The average molecular weight is 324 g/mol. The molecule has 19 heavy (non-hydrogen) atoms. The standard InChI is InChI=1S/C13H14BrN3O2/c1-2-9-10(14)12(17-16-9)15-13(18)8-5-6-19-11(8)7-3-4-7/h5-7H,2-4H2,1H3,(H2,15,16,17,18). The summed E-state index contributed by atoms with van der Waals surface area (Å²) in [6, 6.07) is 1.71. The van der Waals surface area contributed by atoms with Crippen LogP contribution in [0.2, 0.25) is 0 Å². The van der Waals surface area contributed by atoms with Crippen LogP contribution in [0.25, 0.3) is 0 Å². The third-order valence-electron chi connectivity index (χ3n) is 3.25. The number of nitrogens with one attached hydrogen (secondary N) is 2. The molecule has 0 aromatic carbocycles. The van der Waals surface area contributed by atoms with Crippen LogP contribution in [-0.4, -0.2) is 16.1 Å². The number of aromatic nitrogens is 2. The van der Waals surface area contributed by atoms with Crippen molar-refractivity contribution in [1.29, 1.82) is 0 Å². The highest BCUT2D eigenvalue weighted by molar-refractivity contribution is 9.10. The summed E-state index contributed by atoms with van der Waals surface area (Å²) in [6.07, 6.45) is 4.59. The lowest BCUT2D eigenvalue weighted by Gasteiger charge is -2.02. The van der Waals surface area contributed by atoms with Crippen molar-refractivity contribution < 1.29 is 9.21 Å². The number of H-pyrrole nitrogens is 1. The number of carbonyl (C=O) groups is 1. The van der Waals surface area contributed by atoms with E-state index in [4.69, 9.17) is 4.42 Å². The Morgan fingerprint density at radius 2 is 2.42 bits per heavy atom. The number of aromatic amines is 1. The number of nitrogens with zero attached hydrogens (tertiary/aromatic N) is 1. The summed E-state index contributed by atoms with van der Waals surface area (Å²) in [4.78, 5) is 12.2. The van der Waals surface area contributed by atoms with Gasteiger partial charge in [-0.25, -0.2) is 0 Å². The zero-order valence-electron chi connectivity index (χ0n) is 10.5. The van der Waals surface area contributed by atoms with Gasteiger partial charge in [0.1, 0.15) is 5.76 Å². The molecule has 2 heterocycles. The van der Waals surface area contributed by atoms with Crippen LogP contribution in [0.3, 0.4) is 0 Å². The van der Waals surface area contributed by atoms with Crippen LogP contribution in [0, 0.1) is 0 Å². The van der Waals surface area contributed by atoms with Crippen molar-refractivity contribution in [2.45, 2.75) is 32.1 Å². The topological polar surface area (TPSA) is 70.9 Å². The van der Waals surface area contributed by atoms with Gasteiger partial charge in [-0.1, -0.05) is 6.92 Å². The first-order chi connectivity index (χ1) is 9.20. The van der Waals surface area contributed by atoms with Crippen molar-refractivity contribution in [3.05, 3.63) is 33.8 Å². The molecule has 0 aliphatic heterocycles. The van der Waals surface area contributed by atoms with Crippen molar-refractivity contribution in [3.63, 3.8) is 0 Å². The van der Waals surface area contributed by atoms with Crippen LogP contribution in [-0.2, 0) is 6.42 Å². The second-order valence-corrected chi connectivity index (χ2v) is 5.44. The predicted octanol–water partition coefficient (Wildman–Crippen LogP) is 3.46. The number of carbonyl (C=O) groups excluding carboxylic acids is 1. The Kier molecular flexibility index (Phi) is 3.18. The highest BCUT2D eigenvalue weighted by Crippen LogP contribution is 2.42. The van der Waals surface area contributed by atoms with E-state index in [1.54, 1.807) is 12.3 Å². The fourth-order valence-corrected chi connectivity index (χ4v) is 2.58. The maximum absolute atomic E-state index is 12.2. The van der Waals surface area contributed by atoms with Crippen LogP contribution >= 0.6 is 15.9 Å². The fraction of sp³-hybridized carbons (Fsp3) is 0.385. The summed E-state index contributed by atoms with van der Waals surface area (Å²) >= 11 is 3.43.